The highest BCUT2D eigenvalue weighted by atomic mass is 16.5. The van der Waals surface area contributed by atoms with Gasteiger partial charge in [0, 0.05) is 32.7 Å². The number of nitrogens with one attached hydrogen (secondary N) is 1. The molecule has 1 aliphatic rings. The van der Waals surface area contributed by atoms with Gasteiger partial charge in [0.15, 0.2) is 6.61 Å². The van der Waals surface area contributed by atoms with Crippen molar-refractivity contribution in [2.24, 2.45) is 0 Å². The van der Waals surface area contributed by atoms with Crippen LogP contribution in [0.2, 0.25) is 0 Å². The van der Waals surface area contributed by atoms with Crippen molar-refractivity contribution in [2.75, 3.05) is 46.4 Å². The number of carbonyl (C=O) groups is 1. The maximum atomic E-state index is 12.5. The topological polar surface area (TPSA) is 44.8 Å². The third-order valence-corrected chi connectivity index (χ3v) is 6.02. The number of fused-ring (bicyclic) bond motifs is 1. The maximum absolute atomic E-state index is 12.5. The Morgan fingerprint density at radius 2 is 1.68 bits per heavy atom. The van der Waals surface area contributed by atoms with E-state index < -0.39 is 0 Å². The minimum atomic E-state index is -0.0978. The number of benzene rings is 3. The summed E-state index contributed by atoms with van der Waals surface area (Å²) in [6.07, 6.45) is 0. The number of hydrogen-bond donors (Lipinski definition) is 1. The molecule has 0 radical (unpaired) electrons. The highest BCUT2D eigenvalue weighted by Crippen LogP contribution is 2.23. The molecule has 1 saturated heterocycles. The fourth-order valence-corrected chi connectivity index (χ4v) is 4.05. The number of piperazine rings is 1. The first kappa shape index (κ1) is 21.3. The maximum Gasteiger partial charge on any atom is 0.258 e. The van der Waals surface area contributed by atoms with Crippen molar-refractivity contribution in [2.45, 2.75) is 13.0 Å². The lowest BCUT2D eigenvalue weighted by atomic mass is 10.0. The Kier molecular flexibility index (Phi) is 6.85. The summed E-state index contributed by atoms with van der Waals surface area (Å²) in [5.41, 5.74) is 2.49. The van der Waals surface area contributed by atoms with Crippen molar-refractivity contribution in [1.82, 2.24) is 15.1 Å². The summed E-state index contributed by atoms with van der Waals surface area (Å²) in [6.45, 7) is 6.77. The van der Waals surface area contributed by atoms with Gasteiger partial charge in [-0.05, 0) is 42.4 Å². The van der Waals surface area contributed by atoms with Gasteiger partial charge in [0.25, 0.3) is 5.91 Å². The first-order valence-electron chi connectivity index (χ1n) is 11.0. The second kappa shape index (κ2) is 9.94. The minimum Gasteiger partial charge on any atom is -0.484 e. The Balaban J connectivity index is 1.36. The lowest BCUT2D eigenvalue weighted by molar-refractivity contribution is -0.123. The first-order chi connectivity index (χ1) is 15.1. The molecule has 1 atom stereocenters. The predicted octanol–water partition coefficient (Wildman–Crippen LogP) is 3.63. The number of ether oxygens (including phenoxy) is 1. The van der Waals surface area contributed by atoms with E-state index in [4.69, 9.17) is 4.74 Å². The van der Waals surface area contributed by atoms with E-state index in [9.17, 15) is 4.79 Å². The van der Waals surface area contributed by atoms with Gasteiger partial charge in [0.2, 0.25) is 0 Å². The molecular weight excluding hydrogens is 386 g/mol. The number of likely N-dealkylation sites (N-methyl/N-ethyl adjacent to an activating group) is 1. The normalized spacial score (nSPS) is 16.2. The van der Waals surface area contributed by atoms with E-state index in [-0.39, 0.29) is 18.6 Å². The Morgan fingerprint density at radius 1 is 0.968 bits per heavy atom. The molecule has 162 valence electrons. The van der Waals surface area contributed by atoms with Crippen molar-refractivity contribution in [3.8, 4) is 5.75 Å². The molecule has 4 rings (SSSR count). The summed E-state index contributed by atoms with van der Waals surface area (Å²) in [7, 11) is 2.16. The molecule has 0 saturated carbocycles. The van der Waals surface area contributed by atoms with Crippen LogP contribution in [0, 0.1) is 6.92 Å². The molecule has 3 aromatic rings. The lowest BCUT2D eigenvalue weighted by Crippen LogP contribution is -2.48. The highest BCUT2D eigenvalue weighted by Gasteiger charge is 2.24. The molecule has 31 heavy (non-hydrogen) atoms. The van der Waals surface area contributed by atoms with E-state index in [0.717, 1.165) is 37.0 Å². The molecule has 1 aliphatic heterocycles. The van der Waals surface area contributed by atoms with Crippen LogP contribution in [0.4, 0.5) is 0 Å². The van der Waals surface area contributed by atoms with E-state index in [1.165, 1.54) is 11.1 Å². The molecule has 5 nitrogen and oxygen atoms in total. The summed E-state index contributed by atoms with van der Waals surface area (Å²) < 4.78 is 5.76. The molecule has 0 aliphatic carbocycles. The summed E-state index contributed by atoms with van der Waals surface area (Å²) in [4.78, 5) is 17.4. The summed E-state index contributed by atoms with van der Waals surface area (Å²) in [6, 6.07) is 22.8. The first-order valence-corrected chi connectivity index (χ1v) is 11.0. The van der Waals surface area contributed by atoms with Gasteiger partial charge in [-0.1, -0.05) is 60.2 Å². The largest absolute Gasteiger partial charge is 0.484 e. The molecule has 0 aromatic heterocycles. The Labute approximate surface area is 184 Å². The third kappa shape index (κ3) is 5.63. The smallest absolute Gasteiger partial charge is 0.258 e. The second-order valence-corrected chi connectivity index (χ2v) is 8.37. The van der Waals surface area contributed by atoms with Gasteiger partial charge in [0.05, 0.1) is 6.04 Å². The summed E-state index contributed by atoms with van der Waals surface area (Å²) in [5, 5.41) is 5.36. The summed E-state index contributed by atoms with van der Waals surface area (Å²) in [5.74, 6) is 0.613. The quantitative estimate of drug-likeness (QED) is 0.638. The fraction of sp³-hybridized carbons (Fsp3) is 0.346. The Hall–Kier alpha value is -2.89. The van der Waals surface area contributed by atoms with Crippen LogP contribution in [-0.4, -0.2) is 62.1 Å². The highest BCUT2D eigenvalue weighted by molar-refractivity contribution is 5.84. The molecule has 0 spiro atoms. The van der Waals surface area contributed by atoms with Gasteiger partial charge in [-0.2, -0.15) is 0 Å². The van der Waals surface area contributed by atoms with Gasteiger partial charge in [0.1, 0.15) is 5.75 Å². The van der Waals surface area contributed by atoms with Crippen LogP contribution in [0.25, 0.3) is 10.8 Å². The molecule has 5 heteroatoms. The van der Waals surface area contributed by atoms with Crippen LogP contribution in [0.15, 0.2) is 66.7 Å². The van der Waals surface area contributed by atoms with Gasteiger partial charge >= 0.3 is 0 Å². The van der Waals surface area contributed by atoms with Crippen molar-refractivity contribution in [1.29, 1.82) is 0 Å². The number of nitrogens with zero attached hydrogens (tertiary/aromatic N) is 2. The minimum absolute atomic E-state index is 0.0156. The van der Waals surface area contributed by atoms with Crippen LogP contribution in [0.3, 0.4) is 0 Å². The monoisotopic (exact) mass is 417 g/mol. The zero-order valence-electron chi connectivity index (χ0n) is 18.4. The Bertz CT molecular complexity index is 1010. The molecule has 1 fully saturated rings. The molecule has 0 unspecified atom stereocenters. The van der Waals surface area contributed by atoms with Crippen molar-refractivity contribution in [3.05, 3.63) is 77.9 Å². The molecule has 3 aromatic carbocycles. The second-order valence-electron chi connectivity index (χ2n) is 8.37. The van der Waals surface area contributed by atoms with Crippen LogP contribution in [0.5, 0.6) is 5.75 Å². The van der Waals surface area contributed by atoms with E-state index in [1.54, 1.807) is 0 Å². The van der Waals surface area contributed by atoms with Gasteiger partial charge in [-0.3, -0.25) is 9.69 Å². The zero-order chi connectivity index (χ0) is 21.6. The number of aryl methyl sites for hydroxylation is 1. The molecular formula is C26H31N3O2. The number of rotatable bonds is 7. The lowest BCUT2D eigenvalue weighted by Gasteiger charge is -2.38. The van der Waals surface area contributed by atoms with E-state index in [0.29, 0.717) is 12.3 Å². The van der Waals surface area contributed by atoms with Crippen LogP contribution in [-0.2, 0) is 4.79 Å². The van der Waals surface area contributed by atoms with Crippen molar-refractivity contribution in [3.63, 3.8) is 0 Å². The summed E-state index contributed by atoms with van der Waals surface area (Å²) >= 11 is 0. The van der Waals surface area contributed by atoms with Crippen molar-refractivity contribution < 1.29 is 9.53 Å². The van der Waals surface area contributed by atoms with E-state index in [2.05, 4.69) is 59.4 Å². The molecule has 1 amide bonds. The standard InChI is InChI=1S/C26H31N3O2/c1-20-7-9-22(10-8-20)25(29-15-13-28(2)14-16-29)18-27-26(30)19-31-24-12-11-21-5-3-4-6-23(21)17-24/h3-12,17,25H,13-16,18-19H2,1-2H3,(H,27,30)/t25-/m0/s1. The van der Waals surface area contributed by atoms with Crippen molar-refractivity contribution >= 4 is 16.7 Å². The van der Waals surface area contributed by atoms with Crippen LogP contribution >= 0.6 is 0 Å². The number of carbonyl (C=O) groups excluding carboxylic acids is 1. The third-order valence-electron chi connectivity index (χ3n) is 6.02. The molecule has 1 N–H and O–H groups in total. The predicted molar refractivity (Wildman–Crippen MR) is 125 cm³/mol. The average Bonchev–Trinajstić information content (AvgIpc) is 2.80. The van der Waals surface area contributed by atoms with E-state index >= 15 is 0 Å². The van der Waals surface area contributed by atoms with Gasteiger partial charge in [-0.25, -0.2) is 0 Å². The van der Waals surface area contributed by atoms with Crippen LogP contribution in [0.1, 0.15) is 17.2 Å². The SMILES string of the molecule is Cc1ccc([C@H](CNC(=O)COc2ccc3ccccc3c2)N2CCN(C)CC2)cc1. The van der Waals surface area contributed by atoms with Crippen LogP contribution < -0.4 is 10.1 Å². The number of amides is 1. The fourth-order valence-electron chi connectivity index (χ4n) is 4.05. The zero-order valence-corrected chi connectivity index (χ0v) is 18.4. The van der Waals surface area contributed by atoms with Gasteiger partial charge in [-0.15, -0.1) is 0 Å². The number of hydrogen-bond acceptors (Lipinski definition) is 4. The van der Waals surface area contributed by atoms with Gasteiger partial charge < -0.3 is 15.0 Å². The van der Waals surface area contributed by atoms with E-state index in [1.807, 2.05) is 36.4 Å². The molecule has 1 heterocycles. The Morgan fingerprint density at radius 3 is 2.42 bits per heavy atom. The molecule has 0 bridgehead atoms. The average molecular weight is 418 g/mol.